The molecule has 0 amide bonds. The van der Waals surface area contributed by atoms with Crippen LogP contribution < -0.4 is 4.72 Å². The summed E-state index contributed by atoms with van der Waals surface area (Å²) in [5.74, 6) is -1.13. The zero-order chi connectivity index (χ0) is 13.9. The smallest absolute Gasteiger partial charge is 0.345 e. The van der Waals surface area contributed by atoms with E-state index in [-0.39, 0.29) is 22.4 Å². The van der Waals surface area contributed by atoms with Crippen LogP contribution in [0.1, 0.15) is 21.5 Å². The standard InChI is InChI=1S/C10H15NO5S2/c1-6(5-16-3)11-18(14,15)9-4-8(10(12)13)17-7(9)2/h4,6,11H,5H2,1-3H3,(H,12,13). The van der Waals surface area contributed by atoms with Crippen molar-refractivity contribution in [2.75, 3.05) is 13.7 Å². The summed E-state index contributed by atoms with van der Waals surface area (Å²) in [6, 6.07) is 0.789. The molecule has 0 bridgehead atoms. The van der Waals surface area contributed by atoms with Crippen LogP contribution in [0.4, 0.5) is 0 Å². The van der Waals surface area contributed by atoms with Gasteiger partial charge in [0.15, 0.2) is 0 Å². The normalized spacial score (nSPS) is 13.5. The molecule has 0 saturated carbocycles. The lowest BCUT2D eigenvalue weighted by Crippen LogP contribution is -2.35. The highest BCUT2D eigenvalue weighted by molar-refractivity contribution is 7.89. The maximum absolute atomic E-state index is 12.0. The second-order valence-electron chi connectivity index (χ2n) is 3.81. The fourth-order valence-electron chi connectivity index (χ4n) is 1.45. The van der Waals surface area contributed by atoms with Crippen molar-refractivity contribution in [3.05, 3.63) is 15.8 Å². The lowest BCUT2D eigenvalue weighted by atomic mass is 10.4. The Bertz CT molecular complexity index is 534. The molecule has 1 heterocycles. The summed E-state index contributed by atoms with van der Waals surface area (Å²) in [6.45, 7) is 3.49. The molecular formula is C10H15NO5S2. The number of hydrogen-bond acceptors (Lipinski definition) is 5. The van der Waals surface area contributed by atoms with Crippen molar-refractivity contribution in [1.29, 1.82) is 0 Å². The Hall–Kier alpha value is -0.960. The minimum atomic E-state index is -3.71. The number of nitrogens with one attached hydrogen (secondary N) is 1. The quantitative estimate of drug-likeness (QED) is 0.818. The predicted molar refractivity (Wildman–Crippen MR) is 67.7 cm³/mol. The van der Waals surface area contributed by atoms with Crippen molar-refractivity contribution in [2.45, 2.75) is 24.8 Å². The molecule has 6 nitrogen and oxygen atoms in total. The average Bonchev–Trinajstić information content (AvgIpc) is 2.60. The lowest BCUT2D eigenvalue weighted by Gasteiger charge is -2.12. The number of carbonyl (C=O) groups is 1. The maximum Gasteiger partial charge on any atom is 0.345 e. The number of rotatable bonds is 6. The molecule has 1 aromatic rings. The van der Waals surface area contributed by atoms with Crippen molar-refractivity contribution < 1.29 is 23.1 Å². The summed E-state index contributed by atoms with van der Waals surface area (Å²) in [5, 5.41) is 8.83. The summed E-state index contributed by atoms with van der Waals surface area (Å²) in [6.07, 6.45) is 0. The van der Waals surface area contributed by atoms with E-state index in [2.05, 4.69) is 4.72 Å². The van der Waals surface area contributed by atoms with E-state index >= 15 is 0 Å². The molecule has 0 spiro atoms. The summed E-state index contributed by atoms with van der Waals surface area (Å²) >= 11 is 0.940. The highest BCUT2D eigenvalue weighted by atomic mass is 32.2. The summed E-state index contributed by atoms with van der Waals surface area (Å²) < 4.78 is 31.3. The van der Waals surface area contributed by atoms with Gasteiger partial charge in [0, 0.05) is 18.0 Å². The second kappa shape index (κ2) is 5.79. The van der Waals surface area contributed by atoms with Crippen LogP contribution in [0, 0.1) is 6.92 Å². The molecule has 1 aromatic heterocycles. The highest BCUT2D eigenvalue weighted by Gasteiger charge is 2.23. The van der Waals surface area contributed by atoms with Gasteiger partial charge in [0.2, 0.25) is 10.0 Å². The van der Waals surface area contributed by atoms with Gasteiger partial charge in [-0.25, -0.2) is 17.9 Å². The van der Waals surface area contributed by atoms with Gasteiger partial charge in [-0.15, -0.1) is 11.3 Å². The first kappa shape index (κ1) is 15.1. The number of aryl methyl sites for hydroxylation is 1. The van der Waals surface area contributed by atoms with Crippen LogP contribution in [0.2, 0.25) is 0 Å². The van der Waals surface area contributed by atoms with Gasteiger partial charge < -0.3 is 9.84 Å². The van der Waals surface area contributed by atoms with Crippen LogP contribution >= 0.6 is 11.3 Å². The van der Waals surface area contributed by atoms with Crippen molar-refractivity contribution in [3.8, 4) is 0 Å². The molecule has 1 atom stereocenters. The zero-order valence-corrected chi connectivity index (χ0v) is 11.9. The van der Waals surface area contributed by atoms with Gasteiger partial charge >= 0.3 is 5.97 Å². The molecule has 0 aromatic carbocycles. The molecule has 1 unspecified atom stereocenters. The van der Waals surface area contributed by atoms with E-state index in [1.165, 1.54) is 13.2 Å². The van der Waals surface area contributed by atoms with Crippen molar-refractivity contribution in [2.24, 2.45) is 0 Å². The number of sulfonamides is 1. The number of ether oxygens (including phenoxy) is 1. The lowest BCUT2D eigenvalue weighted by molar-refractivity contribution is 0.0702. The van der Waals surface area contributed by atoms with Crippen LogP contribution in [0.3, 0.4) is 0 Å². The predicted octanol–water partition coefficient (Wildman–Crippen LogP) is 1.07. The minimum absolute atomic E-state index is 0.00673. The summed E-state index contributed by atoms with van der Waals surface area (Å²) in [4.78, 5) is 11.3. The Kier molecular flexibility index (Phi) is 4.85. The van der Waals surface area contributed by atoms with Gasteiger partial charge in [0.25, 0.3) is 0 Å². The van der Waals surface area contributed by atoms with E-state index in [4.69, 9.17) is 9.84 Å². The summed E-state index contributed by atoms with van der Waals surface area (Å²) in [5.41, 5.74) is 0. The Morgan fingerprint density at radius 2 is 2.22 bits per heavy atom. The first-order valence-electron chi connectivity index (χ1n) is 5.13. The Morgan fingerprint density at radius 1 is 1.61 bits per heavy atom. The highest BCUT2D eigenvalue weighted by Crippen LogP contribution is 2.25. The number of carboxylic acid groups (broad SMARTS) is 1. The van der Waals surface area contributed by atoms with Crippen LogP contribution in [0.15, 0.2) is 11.0 Å². The van der Waals surface area contributed by atoms with E-state index in [1.807, 2.05) is 0 Å². The van der Waals surface area contributed by atoms with Gasteiger partial charge in [-0.1, -0.05) is 0 Å². The SMILES string of the molecule is COCC(C)NS(=O)(=O)c1cc(C(=O)O)sc1C. The first-order chi connectivity index (χ1) is 8.27. The van der Waals surface area contributed by atoms with E-state index in [9.17, 15) is 13.2 Å². The van der Waals surface area contributed by atoms with Gasteiger partial charge in [0.05, 0.1) is 11.5 Å². The van der Waals surface area contributed by atoms with E-state index in [0.29, 0.717) is 4.88 Å². The number of hydrogen-bond donors (Lipinski definition) is 2. The number of methoxy groups -OCH3 is 1. The molecule has 18 heavy (non-hydrogen) atoms. The second-order valence-corrected chi connectivity index (χ2v) is 6.75. The molecule has 0 aliphatic heterocycles. The van der Waals surface area contributed by atoms with Crippen molar-refractivity contribution in [3.63, 3.8) is 0 Å². The molecule has 8 heteroatoms. The van der Waals surface area contributed by atoms with Crippen molar-refractivity contribution in [1.82, 2.24) is 4.72 Å². The van der Waals surface area contributed by atoms with Gasteiger partial charge in [-0.3, -0.25) is 0 Å². The molecular weight excluding hydrogens is 278 g/mol. The van der Waals surface area contributed by atoms with Crippen molar-refractivity contribution >= 4 is 27.3 Å². The topological polar surface area (TPSA) is 92.7 Å². The number of carboxylic acids is 1. The molecule has 102 valence electrons. The fraction of sp³-hybridized carbons (Fsp3) is 0.500. The molecule has 1 rings (SSSR count). The van der Waals surface area contributed by atoms with Gasteiger partial charge in [-0.2, -0.15) is 0 Å². The molecule has 0 saturated heterocycles. The zero-order valence-electron chi connectivity index (χ0n) is 10.3. The average molecular weight is 293 g/mol. The van der Waals surface area contributed by atoms with Crippen LogP contribution in [-0.2, 0) is 14.8 Å². The van der Waals surface area contributed by atoms with Crippen LogP contribution in [0.5, 0.6) is 0 Å². The van der Waals surface area contributed by atoms with Crippen LogP contribution in [-0.4, -0.2) is 39.3 Å². The first-order valence-corrected chi connectivity index (χ1v) is 7.43. The van der Waals surface area contributed by atoms with E-state index in [1.54, 1.807) is 13.8 Å². The minimum Gasteiger partial charge on any atom is -0.477 e. The molecule has 0 aliphatic carbocycles. The van der Waals surface area contributed by atoms with Gasteiger partial charge in [0.1, 0.15) is 4.88 Å². The maximum atomic E-state index is 12.0. The molecule has 2 N–H and O–H groups in total. The Morgan fingerprint density at radius 3 is 2.67 bits per heavy atom. The third-order valence-corrected chi connectivity index (χ3v) is 5.03. The largest absolute Gasteiger partial charge is 0.477 e. The Labute approximate surface area is 110 Å². The van der Waals surface area contributed by atoms with Gasteiger partial charge in [-0.05, 0) is 19.9 Å². The van der Waals surface area contributed by atoms with E-state index < -0.39 is 16.0 Å². The third-order valence-electron chi connectivity index (χ3n) is 2.15. The fourth-order valence-corrected chi connectivity index (χ4v) is 4.11. The van der Waals surface area contributed by atoms with Crippen LogP contribution in [0.25, 0.3) is 0 Å². The monoisotopic (exact) mass is 293 g/mol. The number of aromatic carboxylic acids is 1. The molecule has 0 radical (unpaired) electrons. The van der Waals surface area contributed by atoms with E-state index in [0.717, 1.165) is 11.3 Å². The molecule has 0 aliphatic rings. The Balaban J connectivity index is 3.01. The third kappa shape index (κ3) is 3.52. The molecule has 0 fully saturated rings. The summed E-state index contributed by atoms with van der Waals surface area (Å²) in [7, 11) is -2.23. The number of thiophene rings is 1.